The van der Waals surface area contributed by atoms with Crippen LogP contribution in [0, 0.1) is 5.92 Å². The smallest absolute Gasteiger partial charge is 0.0328 e. The predicted octanol–water partition coefficient (Wildman–Crippen LogP) is 3.02. The fraction of sp³-hybridized carbons (Fsp3) is 1.00. The summed E-state index contributed by atoms with van der Waals surface area (Å²) < 4.78 is 0. The quantitative estimate of drug-likeness (QED) is 0.754. The van der Waals surface area contributed by atoms with Crippen LogP contribution < -0.4 is 5.73 Å². The van der Waals surface area contributed by atoms with Crippen LogP contribution in [0.15, 0.2) is 0 Å². The third-order valence-electron chi connectivity index (χ3n) is 4.34. The fourth-order valence-electron chi connectivity index (χ4n) is 3.20. The monoisotopic (exact) mass is 226 g/mol. The summed E-state index contributed by atoms with van der Waals surface area (Å²) in [6.45, 7) is 6.69. The van der Waals surface area contributed by atoms with Crippen LogP contribution in [0.5, 0.6) is 0 Å². The van der Waals surface area contributed by atoms with Gasteiger partial charge in [0.05, 0.1) is 0 Å². The first-order valence-electron chi connectivity index (χ1n) is 7.06. The van der Waals surface area contributed by atoms with Crippen molar-refractivity contribution in [3.63, 3.8) is 0 Å². The first-order valence-corrected chi connectivity index (χ1v) is 7.06. The summed E-state index contributed by atoms with van der Waals surface area (Å²) in [7, 11) is 2.28. The highest BCUT2D eigenvalue weighted by Gasteiger charge is 2.34. The molecule has 0 saturated heterocycles. The third-order valence-corrected chi connectivity index (χ3v) is 4.34. The van der Waals surface area contributed by atoms with E-state index in [1.165, 1.54) is 51.5 Å². The number of hydrogen-bond acceptors (Lipinski definition) is 2. The number of likely N-dealkylation sites (N-methyl/N-ethyl adjacent to an activating group) is 1. The molecule has 1 unspecified atom stereocenters. The molecule has 1 rings (SSSR count). The summed E-state index contributed by atoms with van der Waals surface area (Å²) in [6, 6.07) is 0. The first kappa shape index (κ1) is 14.0. The molecular weight excluding hydrogens is 196 g/mol. The van der Waals surface area contributed by atoms with Gasteiger partial charge in [-0.25, -0.2) is 0 Å². The van der Waals surface area contributed by atoms with E-state index >= 15 is 0 Å². The molecule has 16 heavy (non-hydrogen) atoms. The topological polar surface area (TPSA) is 29.3 Å². The summed E-state index contributed by atoms with van der Waals surface area (Å²) in [6.07, 6.45) is 9.38. The molecule has 1 aliphatic rings. The van der Waals surface area contributed by atoms with E-state index in [2.05, 4.69) is 25.8 Å². The zero-order valence-corrected chi connectivity index (χ0v) is 11.5. The molecule has 0 radical (unpaired) electrons. The zero-order valence-electron chi connectivity index (χ0n) is 11.5. The Balaban J connectivity index is 2.50. The fourth-order valence-corrected chi connectivity index (χ4v) is 3.20. The number of hydrogen-bond donors (Lipinski definition) is 1. The highest BCUT2D eigenvalue weighted by molar-refractivity contribution is 4.93. The largest absolute Gasteiger partial charge is 0.329 e. The van der Waals surface area contributed by atoms with E-state index < -0.39 is 0 Å². The average molecular weight is 226 g/mol. The second kappa shape index (κ2) is 6.61. The van der Waals surface area contributed by atoms with Crippen molar-refractivity contribution >= 4 is 0 Å². The van der Waals surface area contributed by atoms with Crippen LogP contribution >= 0.6 is 0 Å². The highest BCUT2D eigenvalue weighted by Crippen LogP contribution is 2.32. The van der Waals surface area contributed by atoms with Crippen molar-refractivity contribution in [1.82, 2.24) is 4.90 Å². The van der Waals surface area contributed by atoms with Gasteiger partial charge in [-0.3, -0.25) is 4.90 Å². The van der Waals surface area contributed by atoms with Crippen molar-refractivity contribution in [3.8, 4) is 0 Å². The van der Waals surface area contributed by atoms with Gasteiger partial charge in [0.1, 0.15) is 0 Å². The van der Waals surface area contributed by atoms with Crippen molar-refractivity contribution in [3.05, 3.63) is 0 Å². The minimum atomic E-state index is 0.320. The SMILES string of the molecule is CCCC(C)CN(C)C1(CN)CCCCC1. The van der Waals surface area contributed by atoms with Crippen molar-refractivity contribution in [1.29, 1.82) is 0 Å². The molecule has 1 aliphatic carbocycles. The Morgan fingerprint density at radius 3 is 2.38 bits per heavy atom. The van der Waals surface area contributed by atoms with Gasteiger partial charge in [-0.1, -0.05) is 39.5 Å². The third kappa shape index (κ3) is 3.46. The van der Waals surface area contributed by atoms with E-state index in [1.807, 2.05) is 0 Å². The van der Waals surface area contributed by atoms with E-state index in [9.17, 15) is 0 Å². The van der Waals surface area contributed by atoms with Gasteiger partial charge in [0.2, 0.25) is 0 Å². The first-order chi connectivity index (χ1) is 7.64. The second-order valence-electron chi connectivity index (χ2n) is 5.76. The van der Waals surface area contributed by atoms with Crippen molar-refractivity contribution < 1.29 is 0 Å². The Hall–Kier alpha value is -0.0800. The normalized spacial score (nSPS) is 22.3. The van der Waals surface area contributed by atoms with Crippen LogP contribution in [-0.4, -0.2) is 30.6 Å². The summed E-state index contributed by atoms with van der Waals surface area (Å²) in [5.74, 6) is 0.806. The van der Waals surface area contributed by atoms with E-state index in [-0.39, 0.29) is 0 Å². The van der Waals surface area contributed by atoms with Gasteiger partial charge in [-0.05, 0) is 32.2 Å². The van der Waals surface area contributed by atoms with Gasteiger partial charge in [0.15, 0.2) is 0 Å². The molecule has 0 heterocycles. The average Bonchev–Trinajstić information content (AvgIpc) is 2.30. The van der Waals surface area contributed by atoms with Crippen LogP contribution in [0.25, 0.3) is 0 Å². The predicted molar refractivity (Wildman–Crippen MR) is 71.6 cm³/mol. The number of nitrogens with zero attached hydrogens (tertiary/aromatic N) is 1. The molecule has 0 aromatic carbocycles. The zero-order chi connectivity index (χ0) is 12.0. The van der Waals surface area contributed by atoms with E-state index in [1.54, 1.807) is 0 Å². The van der Waals surface area contributed by atoms with Gasteiger partial charge in [0.25, 0.3) is 0 Å². The summed E-state index contributed by atoms with van der Waals surface area (Å²) in [5, 5.41) is 0. The van der Waals surface area contributed by atoms with Crippen LogP contribution in [0.1, 0.15) is 58.8 Å². The Kier molecular flexibility index (Phi) is 5.77. The van der Waals surface area contributed by atoms with E-state index in [0.29, 0.717) is 5.54 Å². The lowest BCUT2D eigenvalue weighted by atomic mass is 9.80. The molecular formula is C14H30N2. The summed E-state index contributed by atoms with van der Waals surface area (Å²) in [5.41, 5.74) is 6.37. The summed E-state index contributed by atoms with van der Waals surface area (Å²) >= 11 is 0. The Bertz CT molecular complexity index is 185. The second-order valence-corrected chi connectivity index (χ2v) is 5.76. The van der Waals surface area contributed by atoms with Gasteiger partial charge in [-0.15, -0.1) is 0 Å². The van der Waals surface area contributed by atoms with E-state index in [0.717, 1.165) is 12.5 Å². The maximum atomic E-state index is 6.05. The van der Waals surface area contributed by atoms with Crippen LogP contribution in [0.2, 0.25) is 0 Å². The van der Waals surface area contributed by atoms with Gasteiger partial charge in [-0.2, -0.15) is 0 Å². The molecule has 0 amide bonds. The standard InChI is InChI=1S/C14H30N2/c1-4-8-13(2)11-16(3)14(12-15)9-6-5-7-10-14/h13H,4-12,15H2,1-3H3. The summed E-state index contributed by atoms with van der Waals surface area (Å²) in [4.78, 5) is 2.56. The number of nitrogens with two attached hydrogens (primary N) is 1. The molecule has 1 saturated carbocycles. The molecule has 0 spiro atoms. The molecule has 2 heteroatoms. The molecule has 0 bridgehead atoms. The minimum absolute atomic E-state index is 0.320. The van der Waals surface area contributed by atoms with Crippen molar-refractivity contribution in [2.45, 2.75) is 64.3 Å². The van der Waals surface area contributed by atoms with Gasteiger partial charge < -0.3 is 5.73 Å². The van der Waals surface area contributed by atoms with Gasteiger partial charge >= 0.3 is 0 Å². The lowest BCUT2D eigenvalue weighted by molar-refractivity contribution is 0.0685. The van der Waals surface area contributed by atoms with Crippen LogP contribution in [0.4, 0.5) is 0 Å². The molecule has 2 N–H and O–H groups in total. The maximum Gasteiger partial charge on any atom is 0.0328 e. The van der Waals surface area contributed by atoms with E-state index in [4.69, 9.17) is 5.73 Å². The molecule has 0 aromatic heterocycles. The van der Waals surface area contributed by atoms with Crippen LogP contribution in [-0.2, 0) is 0 Å². The molecule has 2 nitrogen and oxygen atoms in total. The Morgan fingerprint density at radius 2 is 1.88 bits per heavy atom. The molecule has 1 atom stereocenters. The molecule has 0 aliphatic heterocycles. The maximum absolute atomic E-state index is 6.05. The number of rotatable bonds is 6. The molecule has 96 valence electrons. The van der Waals surface area contributed by atoms with Gasteiger partial charge in [0, 0.05) is 18.6 Å². The van der Waals surface area contributed by atoms with Crippen molar-refractivity contribution in [2.75, 3.05) is 20.1 Å². The lowest BCUT2D eigenvalue weighted by Crippen LogP contribution is -2.54. The highest BCUT2D eigenvalue weighted by atomic mass is 15.2. The van der Waals surface area contributed by atoms with Crippen molar-refractivity contribution in [2.24, 2.45) is 11.7 Å². The Labute approximate surface area is 102 Å². The Morgan fingerprint density at radius 1 is 1.25 bits per heavy atom. The van der Waals surface area contributed by atoms with Crippen LogP contribution in [0.3, 0.4) is 0 Å². The molecule has 0 aromatic rings. The molecule has 1 fully saturated rings. The minimum Gasteiger partial charge on any atom is -0.329 e. The lowest BCUT2D eigenvalue weighted by Gasteiger charge is -2.45.